The summed E-state index contributed by atoms with van der Waals surface area (Å²) < 4.78 is 13.9. The monoisotopic (exact) mass is 651 g/mol. The van der Waals surface area contributed by atoms with Crippen LogP contribution in [0.15, 0.2) is 152 Å². The van der Waals surface area contributed by atoms with Gasteiger partial charge < -0.3 is 9.64 Å². The highest BCUT2D eigenvalue weighted by molar-refractivity contribution is 7.26. The Hall–Kier alpha value is -5.82. The Bertz CT molecular complexity index is 2690. The van der Waals surface area contributed by atoms with Gasteiger partial charge in [0.15, 0.2) is 17.3 Å². The Morgan fingerprint density at radius 1 is 0.542 bits per heavy atom. The van der Waals surface area contributed by atoms with Gasteiger partial charge in [0.1, 0.15) is 5.01 Å². The van der Waals surface area contributed by atoms with Crippen LogP contribution in [0.2, 0.25) is 0 Å². The van der Waals surface area contributed by atoms with Crippen molar-refractivity contribution in [2.24, 2.45) is 0 Å². The van der Waals surface area contributed by atoms with Gasteiger partial charge in [-0.25, -0.2) is 4.98 Å². The van der Waals surface area contributed by atoms with Crippen molar-refractivity contribution in [1.82, 2.24) is 9.36 Å². The average molecular weight is 652 g/mol. The van der Waals surface area contributed by atoms with Crippen LogP contribution >= 0.6 is 22.9 Å². The molecule has 0 radical (unpaired) electrons. The molecule has 0 unspecified atom stereocenters. The average Bonchev–Trinajstić information content (AvgIpc) is 3.79. The van der Waals surface area contributed by atoms with Crippen LogP contribution in [0, 0.1) is 0 Å². The van der Waals surface area contributed by atoms with E-state index in [0.29, 0.717) is 0 Å². The molecule has 0 saturated carbocycles. The number of aromatic nitrogens is 2. The molecule has 0 fully saturated rings. The number of ether oxygens (including phenoxy) is 1. The van der Waals surface area contributed by atoms with Crippen LogP contribution in [0.3, 0.4) is 0 Å². The highest BCUT2D eigenvalue weighted by Gasteiger charge is 2.27. The fraction of sp³-hybridized carbons (Fsp3) is 0. The summed E-state index contributed by atoms with van der Waals surface area (Å²) in [5.41, 5.74) is 7.44. The number of rotatable bonds is 4. The van der Waals surface area contributed by atoms with Gasteiger partial charge in [0.05, 0.1) is 11.4 Å². The minimum atomic E-state index is 0.744. The van der Waals surface area contributed by atoms with Crippen molar-refractivity contribution >= 4 is 70.9 Å². The van der Waals surface area contributed by atoms with Crippen LogP contribution in [-0.2, 0) is 0 Å². The summed E-state index contributed by atoms with van der Waals surface area (Å²) in [5.74, 6) is 2.39. The topological polar surface area (TPSA) is 38.2 Å². The molecule has 0 amide bonds. The second-order valence-electron chi connectivity index (χ2n) is 11.9. The Labute approximate surface area is 284 Å². The largest absolute Gasteiger partial charge is 0.453 e. The minimum absolute atomic E-state index is 0.744. The smallest absolute Gasteiger partial charge is 0.173 e. The molecule has 0 spiro atoms. The lowest BCUT2D eigenvalue weighted by molar-refractivity contribution is 0.477. The molecule has 6 heteroatoms. The molecule has 9 aromatic rings. The van der Waals surface area contributed by atoms with Gasteiger partial charge in [0.25, 0.3) is 0 Å². The summed E-state index contributed by atoms with van der Waals surface area (Å²) in [7, 11) is 0. The summed E-state index contributed by atoms with van der Waals surface area (Å²) in [6.45, 7) is 0. The Kier molecular flexibility index (Phi) is 6.19. The van der Waals surface area contributed by atoms with E-state index < -0.39 is 0 Å². The van der Waals surface area contributed by atoms with Crippen LogP contribution in [-0.4, -0.2) is 9.36 Å². The molecule has 2 aromatic heterocycles. The van der Waals surface area contributed by atoms with Gasteiger partial charge in [-0.1, -0.05) is 103 Å². The van der Waals surface area contributed by atoms with Gasteiger partial charge in [-0.3, -0.25) is 0 Å². The Morgan fingerprint density at radius 3 is 2.31 bits per heavy atom. The van der Waals surface area contributed by atoms with Crippen molar-refractivity contribution in [3.05, 3.63) is 152 Å². The first-order valence-electron chi connectivity index (χ1n) is 15.8. The number of benzene rings is 7. The highest BCUT2D eigenvalue weighted by Crippen LogP contribution is 2.52. The highest BCUT2D eigenvalue weighted by atomic mass is 32.1. The van der Waals surface area contributed by atoms with Crippen LogP contribution < -0.4 is 9.64 Å². The van der Waals surface area contributed by atoms with Crippen molar-refractivity contribution in [2.75, 3.05) is 4.90 Å². The number of anilines is 3. The molecular weight excluding hydrogens is 627 g/mol. The van der Waals surface area contributed by atoms with Crippen molar-refractivity contribution in [3.8, 4) is 44.6 Å². The number of thiophene rings is 1. The quantitative estimate of drug-likeness (QED) is 0.190. The molecule has 226 valence electrons. The van der Waals surface area contributed by atoms with Crippen LogP contribution in [0.4, 0.5) is 17.1 Å². The first-order chi connectivity index (χ1) is 23.8. The van der Waals surface area contributed by atoms with E-state index in [1.807, 2.05) is 23.5 Å². The molecule has 0 aliphatic carbocycles. The van der Waals surface area contributed by atoms with E-state index in [0.717, 1.165) is 56.1 Å². The molecule has 7 aromatic carbocycles. The molecule has 48 heavy (non-hydrogen) atoms. The third-order valence-corrected chi connectivity index (χ3v) is 11.0. The lowest BCUT2D eigenvalue weighted by Crippen LogP contribution is -2.15. The van der Waals surface area contributed by atoms with Crippen LogP contribution in [0.1, 0.15) is 0 Å². The first-order valence-corrected chi connectivity index (χ1v) is 17.4. The standard InChI is InChI=1S/C42H25N3OS2/c1-2-10-27-23-29(20-19-26(27)9-1)41-43-42(48-44-41)30-11-7-12-31(24-30)45-35-16-4-5-17-37(35)46-38-22-21-28(25-36(38)45)32-14-8-15-34-33-13-3-6-18-39(33)47-40(32)34/h1-25H. The zero-order valence-electron chi connectivity index (χ0n) is 25.5. The van der Waals surface area contributed by atoms with E-state index in [1.165, 1.54) is 48.0 Å². The number of nitrogens with zero attached hydrogens (tertiary/aromatic N) is 3. The van der Waals surface area contributed by atoms with E-state index in [9.17, 15) is 0 Å². The number of hydrogen-bond donors (Lipinski definition) is 0. The zero-order chi connectivity index (χ0) is 31.6. The van der Waals surface area contributed by atoms with E-state index in [2.05, 4.69) is 144 Å². The molecule has 4 nitrogen and oxygen atoms in total. The summed E-state index contributed by atoms with van der Waals surface area (Å²) in [6.07, 6.45) is 0. The van der Waals surface area contributed by atoms with Crippen LogP contribution in [0.5, 0.6) is 11.5 Å². The van der Waals surface area contributed by atoms with E-state index in [4.69, 9.17) is 14.1 Å². The Morgan fingerprint density at radius 2 is 1.33 bits per heavy atom. The Balaban J connectivity index is 1.08. The second kappa shape index (κ2) is 10.9. The van der Waals surface area contributed by atoms with Crippen molar-refractivity contribution in [2.45, 2.75) is 0 Å². The molecular formula is C42H25N3OS2. The third kappa shape index (κ3) is 4.42. The number of fused-ring (bicyclic) bond motifs is 6. The molecule has 1 aliphatic rings. The molecule has 3 heterocycles. The van der Waals surface area contributed by atoms with Crippen molar-refractivity contribution < 1.29 is 4.74 Å². The molecule has 0 atom stereocenters. The van der Waals surface area contributed by atoms with Gasteiger partial charge in [-0.05, 0) is 82.0 Å². The molecule has 0 saturated heterocycles. The van der Waals surface area contributed by atoms with Gasteiger partial charge in [-0.2, -0.15) is 4.37 Å². The van der Waals surface area contributed by atoms with Gasteiger partial charge in [0, 0.05) is 37.0 Å². The number of para-hydroxylation sites is 2. The zero-order valence-corrected chi connectivity index (χ0v) is 27.1. The van der Waals surface area contributed by atoms with Gasteiger partial charge in [-0.15, -0.1) is 11.3 Å². The normalized spacial score (nSPS) is 12.3. The molecule has 10 rings (SSSR count). The molecule has 1 aliphatic heterocycles. The van der Waals surface area contributed by atoms with Crippen molar-refractivity contribution in [1.29, 1.82) is 0 Å². The predicted octanol–water partition coefficient (Wildman–Crippen LogP) is 12.6. The van der Waals surface area contributed by atoms with Gasteiger partial charge in [0.2, 0.25) is 0 Å². The van der Waals surface area contributed by atoms with E-state index >= 15 is 0 Å². The summed E-state index contributed by atoms with van der Waals surface area (Å²) in [4.78, 5) is 7.30. The van der Waals surface area contributed by atoms with E-state index in [1.54, 1.807) is 0 Å². The fourth-order valence-electron chi connectivity index (χ4n) is 6.74. The first kappa shape index (κ1) is 27.3. The van der Waals surface area contributed by atoms with E-state index in [-0.39, 0.29) is 0 Å². The number of hydrogen-bond acceptors (Lipinski definition) is 6. The third-order valence-electron chi connectivity index (χ3n) is 9.03. The summed E-state index contributed by atoms with van der Waals surface area (Å²) >= 11 is 3.28. The maximum absolute atomic E-state index is 6.49. The maximum atomic E-state index is 6.49. The molecule has 0 bridgehead atoms. The van der Waals surface area contributed by atoms with Gasteiger partial charge >= 0.3 is 0 Å². The second-order valence-corrected chi connectivity index (χ2v) is 13.7. The fourth-order valence-corrected chi connectivity index (χ4v) is 8.66. The lowest BCUT2D eigenvalue weighted by atomic mass is 10.0. The molecule has 0 N–H and O–H groups in total. The predicted molar refractivity (Wildman–Crippen MR) is 201 cm³/mol. The SMILES string of the molecule is c1cc(-c2nc(-c3ccc4ccccc4c3)ns2)cc(N2c3ccccc3Oc3ccc(-c4cccc5c4sc4ccccc45)cc32)c1. The maximum Gasteiger partial charge on any atom is 0.173 e. The lowest BCUT2D eigenvalue weighted by Gasteiger charge is -2.33. The summed E-state index contributed by atoms with van der Waals surface area (Å²) in [5, 5.41) is 5.86. The van der Waals surface area contributed by atoms with Crippen molar-refractivity contribution in [3.63, 3.8) is 0 Å². The summed E-state index contributed by atoms with van der Waals surface area (Å²) in [6, 6.07) is 53.4. The minimum Gasteiger partial charge on any atom is -0.453 e. The van der Waals surface area contributed by atoms with Crippen LogP contribution in [0.25, 0.3) is 64.0 Å².